The van der Waals surface area contributed by atoms with Crippen LogP contribution in [-0.4, -0.2) is 23.1 Å². The Morgan fingerprint density at radius 1 is 1.03 bits per heavy atom. The Labute approximate surface area is 179 Å². The van der Waals surface area contributed by atoms with Gasteiger partial charge < -0.3 is 5.11 Å². The number of hydrogen-bond acceptors (Lipinski definition) is 3. The standard InChI is InChI=1S/C26H33FN2O/c1-25-13-11-20(30)15-18(25)5-8-21-22-9-10-24(26(22,2)14-12-23(21)25)29-28-16-17-3-6-19(27)7-4-17/h3-7,16,20-23,30H,8-15H2,1-2H3/b28-16-,29-24-/t20-,21-,22+,23-,25-,26-/m0/s1. The number of benzene rings is 1. The minimum atomic E-state index is -0.229. The zero-order valence-electron chi connectivity index (χ0n) is 18.1. The van der Waals surface area contributed by atoms with E-state index in [2.05, 4.69) is 30.1 Å². The molecule has 1 aromatic rings. The number of aliphatic hydroxyl groups is 1. The molecule has 0 radical (unpaired) electrons. The molecule has 0 bridgehead atoms. The van der Waals surface area contributed by atoms with E-state index in [1.807, 2.05) is 0 Å². The fraction of sp³-hybridized carbons (Fsp3) is 0.615. The molecule has 0 saturated heterocycles. The fourth-order valence-electron chi connectivity index (χ4n) is 7.31. The van der Waals surface area contributed by atoms with E-state index in [1.165, 1.54) is 42.7 Å². The van der Waals surface area contributed by atoms with Crippen molar-refractivity contribution < 1.29 is 9.50 Å². The van der Waals surface area contributed by atoms with E-state index in [9.17, 15) is 9.50 Å². The lowest BCUT2D eigenvalue weighted by molar-refractivity contribution is -0.0209. The van der Waals surface area contributed by atoms with Crippen LogP contribution in [0.4, 0.5) is 4.39 Å². The molecule has 1 N–H and O–H groups in total. The van der Waals surface area contributed by atoms with Crippen molar-refractivity contribution in [2.75, 3.05) is 0 Å². The van der Waals surface area contributed by atoms with Crippen LogP contribution in [0, 0.1) is 34.4 Å². The molecule has 4 aliphatic rings. The molecule has 1 aromatic carbocycles. The maximum atomic E-state index is 13.1. The van der Waals surface area contributed by atoms with Gasteiger partial charge in [0.1, 0.15) is 5.82 Å². The summed E-state index contributed by atoms with van der Waals surface area (Å²) in [4.78, 5) is 0. The van der Waals surface area contributed by atoms with Crippen LogP contribution in [0.5, 0.6) is 0 Å². The second kappa shape index (κ2) is 7.40. The SMILES string of the molecule is C[C@]12CC[C@H](O)CC1=CC[C@H]1[C@H]3CC/C(=N/N=C\c4ccc(F)cc4)[C@@]3(C)CC[C@@H]12. The van der Waals surface area contributed by atoms with Crippen LogP contribution >= 0.6 is 0 Å². The Hall–Kier alpha value is -1.81. The van der Waals surface area contributed by atoms with E-state index in [1.54, 1.807) is 18.3 Å². The predicted molar refractivity (Wildman–Crippen MR) is 119 cm³/mol. The van der Waals surface area contributed by atoms with Gasteiger partial charge >= 0.3 is 0 Å². The first-order chi connectivity index (χ1) is 14.4. The predicted octanol–water partition coefficient (Wildman–Crippen LogP) is 5.92. The van der Waals surface area contributed by atoms with Crippen LogP contribution in [0.2, 0.25) is 0 Å². The zero-order valence-corrected chi connectivity index (χ0v) is 18.1. The number of nitrogens with zero attached hydrogens (tertiary/aromatic N) is 2. The molecule has 0 heterocycles. The molecule has 3 fully saturated rings. The second-order valence-corrected chi connectivity index (χ2v) is 10.5. The highest BCUT2D eigenvalue weighted by molar-refractivity contribution is 5.93. The topological polar surface area (TPSA) is 45.0 Å². The minimum Gasteiger partial charge on any atom is -0.393 e. The molecule has 6 atom stereocenters. The van der Waals surface area contributed by atoms with Crippen LogP contribution in [-0.2, 0) is 0 Å². The average Bonchev–Trinajstić information content (AvgIpc) is 3.06. The number of allylic oxidation sites excluding steroid dienone is 1. The number of hydrogen-bond donors (Lipinski definition) is 1. The number of aliphatic hydroxyl groups excluding tert-OH is 1. The first-order valence-corrected chi connectivity index (χ1v) is 11.6. The van der Waals surface area contributed by atoms with E-state index < -0.39 is 0 Å². The summed E-state index contributed by atoms with van der Waals surface area (Å²) in [6, 6.07) is 6.38. The third-order valence-corrected chi connectivity index (χ3v) is 9.07. The van der Waals surface area contributed by atoms with Gasteiger partial charge in [0.05, 0.1) is 12.3 Å². The lowest BCUT2D eigenvalue weighted by Crippen LogP contribution is -2.50. The molecule has 4 heteroatoms. The summed E-state index contributed by atoms with van der Waals surface area (Å²) in [5.41, 5.74) is 4.09. The van der Waals surface area contributed by atoms with Crippen molar-refractivity contribution in [3.05, 3.63) is 47.3 Å². The molecule has 0 aliphatic heterocycles. The van der Waals surface area contributed by atoms with E-state index >= 15 is 0 Å². The summed E-state index contributed by atoms with van der Waals surface area (Å²) < 4.78 is 13.1. The maximum Gasteiger partial charge on any atom is 0.123 e. The molecule has 3 saturated carbocycles. The molecular weight excluding hydrogens is 375 g/mol. The van der Waals surface area contributed by atoms with Crippen LogP contribution in [0.25, 0.3) is 0 Å². The van der Waals surface area contributed by atoms with Gasteiger partial charge in [0.2, 0.25) is 0 Å². The Bertz CT molecular complexity index is 904. The Balaban J connectivity index is 1.37. The quantitative estimate of drug-likeness (QED) is 0.368. The van der Waals surface area contributed by atoms with Crippen molar-refractivity contribution in [1.29, 1.82) is 0 Å². The van der Waals surface area contributed by atoms with Crippen LogP contribution in [0.1, 0.15) is 70.8 Å². The monoisotopic (exact) mass is 408 g/mol. The van der Waals surface area contributed by atoms with Crippen molar-refractivity contribution in [3.63, 3.8) is 0 Å². The largest absolute Gasteiger partial charge is 0.393 e. The Morgan fingerprint density at radius 3 is 2.57 bits per heavy atom. The molecule has 0 unspecified atom stereocenters. The van der Waals surface area contributed by atoms with Crippen LogP contribution < -0.4 is 0 Å². The summed E-state index contributed by atoms with van der Waals surface area (Å²) in [6.45, 7) is 4.89. The number of halogens is 1. The molecule has 3 nitrogen and oxygen atoms in total. The lowest BCUT2D eigenvalue weighted by Gasteiger charge is -2.57. The van der Waals surface area contributed by atoms with Gasteiger partial charge in [-0.2, -0.15) is 10.2 Å². The van der Waals surface area contributed by atoms with Gasteiger partial charge in [0, 0.05) is 11.1 Å². The third kappa shape index (κ3) is 3.19. The van der Waals surface area contributed by atoms with Gasteiger partial charge in [-0.1, -0.05) is 37.6 Å². The van der Waals surface area contributed by atoms with Gasteiger partial charge in [-0.25, -0.2) is 4.39 Å². The van der Waals surface area contributed by atoms with Gasteiger partial charge in [-0.15, -0.1) is 0 Å². The minimum absolute atomic E-state index is 0.140. The first-order valence-electron chi connectivity index (χ1n) is 11.6. The highest BCUT2D eigenvalue weighted by Crippen LogP contribution is 2.64. The fourth-order valence-corrected chi connectivity index (χ4v) is 7.31. The van der Waals surface area contributed by atoms with E-state index in [0.29, 0.717) is 5.92 Å². The molecule has 0 spiro atoms. The summed E-state index contributed by atoms with van der Waals surface area (Å²) in [6.07, 6.45) is 12.9. The maximum absolute atomic E-state index is 13.1. The summed E-state index contributed by atoms with van der Waals surface area (Å²) >= 11 is 0. The highest BCUT2D eigenvalue weighted by Gasteiger charge is 2.57. The van der Waals surface area contributed by atoms with Crippen molar-refractivity contribution in [2.45, 2.75) is 71.3 Å². The van der Waals surface area contributed by atoms with E-state index in [4.69, 9.17) is 0 Å². The zero-order chi connectivity index (χ0) is 20.9. The summed E-state index contributed by atoms with van der Waals surface area (Å²) in [5.74, 6) is 1.91. The summed E-state index contributed by atoms with van der Waals surface area (Å²) in [7, 11) is 0. The van der Waals surface area contributed by atoms with Gasteiger partial charge in [-0.05, 0) is 92.2 Å². The lowest BCUT2D eigenvalue weighted by atomic mass is 9.48. The molecule has 30 heavy (non-hydrogen) atoms. The first kappa shape index (κ1) is 20.1. The van der Waals surface area contributed by atoms with Crippen molar-refractivity contribution >= 4 is 11.9 Å². The van der Waals surface area contributed by atoms with Crippen LogP contribution in [0.15, 0.2) is 46.1 Å². The molecule has 5 rings (SSSR count). The molecular formula is C26H33FN2O. The number of fused-ring (bicyclic) bond motifs is 5. The highest BCUT2D eigenvalue weighted by atomic mass is 19.1. The molecule has 0 aromatic heterocycles. The summed E-state index contributed by atoms with van der Waals surface area (Å²) in [5, 5.41) is 19.2. The molecule has 160 valence electrons. The Morgan fingerprint density at radius 2 is 1.77 bits per heavy atom. The Kier molecular flexibility index (Phi) is 4.96. The molecule has 4 aliphatic carbocycles. The molecule has 0 amide bonds. The van der Waals surface area contributed by atoms with Gasteiger partial charge in [-0.3, -0.25) is 0 Å². The average molecular weight is 409 g/mol. The van der Waals surface area contributed by atoms with Crippen molar-refractivity contribution in [1.82, 2.24) is 0 Å². The third-order valence-electron chi connectivity index (χ3n) is 9.07. The van der Waals surface area contributed by atoms with E-state index in [0.717, 1.165) is 49.5 Å². The van der Waals surface area contributed by atoms with Crippen molar-refractivity contribution in [3.8, 4) is 0 Å². The van der Waals surface area contributed by atoms with Crippen LogP contribution in [0.3, 0.4) is 0 Å². The smallest absolute Gasteiger partial charge is 0.123 e. The number of rotatable bonds is 2. The van der Waals surface area contributed by atoms with Gasteiger partial charge in [0.15, 0.2) is 0 Å². The van der Waals surface area contributed by atoms with Gasteiger partial charge in [0.25, 0.3) is 0 Å². The second-order valence-electron chi connectivity index (χ2n) is 10.5. The normalized spacial score (nSPS) is 42.0. The van der Waals surface area contributed by atoms with E-state index in [-0.39, 0.29) is 22.8 Å². The van der Waals surface area contributed by atoms with Crippen molar-refractivity contribution in [2.24, 2.45) is 38.8 Å².